The van der Waals surface area contributed by atoms with E-state index in [2.05, 4.69) is 52.8 Å². The van der Waals surface area contributed by atoms with Gasteiger partial charge in [-0.3, -0.25) is 0 Å². The van der Waals surface area contributed by atoms with Crippen LogP contribution in [0.25, 0.3) is 0 Å². The number of rotatable bonds is 2. The Morgan fingerprint density at radius 1 is 1.03 bits per heavy atom. The van der Waals surface area contributed by atoms with Gasteiger partial charge < -0.3 is 19.3 Å². The van der Waals surface area contributed by atoms with E-state index in [9.17, 15) is 5.11 Å². The first-order chi connectivity index (χ1) is 14.6. The topological polar surface area (TPSA) is 51.2 Å². The predicted molar refractivity (Wildman–Crippen MR) is 119 cm³/mol. The van der Waals surface area contributed by atoms with Crippen LogP contribution >= 0.6 is 0 Å². The standard InChI is InChI=1S/C27H40O4/c1-15(24-29-13-25(2,3)14-30-24)18-8-9-19-17-7-6-16-12-21(28)22-23(31-22)27(16,5)20(17)10-11-26(18,19)4/h6-7,12,15,17-24,28H,8-11,13-14H2,1-5H3/t15?,17-,18+,19-,20-,21?,22-,23-,26+,27-/m0/s1. The maximum absolute atomic E-state index is 10.4. The van der Waals surface area contributed by atoms with E-state index in [1.54, 1.807) is 0 Å². The van der Waals surface area contributed by atoms with Crippen molar-refractivity contribution in [2.24, 2.45) is 45.8 Å². The Balaban J connectivity index is 1.25. The fourth-order valence-electron chi connectivity index (χ4n) is 8.63. The van der Waals surface area contributed by atoms with Crippen molar-refractivity contribution in [3.63, 3.8) is 0 Å². The van der Waals surface area contributed by atoms with Gasteiger partial charge in [0.15, 0.2) is 6.29 Å². The van der Waals surface area contributed by atoms with E-state index >= 15 is 0 Å². The number of hydrogen-bond acceptors (Lipinski definition) is 4. The quantitative estimate of drug-likeness (QED) is 0.647. The zero-order valence-corrected chi connectivity index (χ0v) is 19.8. The molecule has 172 valence electrons. The van der Waals surface area contributed by atoms with Crippen LogP contribution in [0.3, 0.4) is 0 Å². The van der Waals surface area contributed by atoms with Gasteiger partial charge in [-0.1, -0.05) is 46.8 Å². The molecular formula is C27H40O4. The first-order valence-corrected chi connectivity index (χ1v) is 12.6. The number of allylic oxidation sites excluding steroid dienone is 2. The van der Waals surface area contributed by atoms with Crippen LogP contribution < -0.4 is 0 Å². The molecule has 4 fully saturated rings. The minimum Gasteiger partial charge on any atom is -0.386 e. The van der Waals surface area contributed by atoms with Gasteiger partial charge in [0.05, 0.1) is 19.3 Å². The molecule has 0 aromatic rings. The summed E-state index contributed by atoms with van der Waals surface area (Å²) in [6.45, 7) is 13.4. The lowest BCUT2D eigenvalue weighted by molar-refractivity contribution is -0.252. The maximum atomic E-state index is 10.4. The van der Waals surface area contributed by atoms with Gasteiger partial charge in [0.25, 0.3) is 0 Å². The number of fused-ring (bicyclic) bond motifs is 7. The summed E-state index contributed by atoms with van der Waals surface area (Å²) < 4.78 is 18.5. The van der Waals surface area contributed by atoms with Gasteiger partial charge in [0, 0.05) is 16.7 Å². The van der Waals surface area contributed by atoms with Crippen LogP contribution in [0.1, 0.15) is 60.3 Å². The molecule has 0 spiro atoms. The summed E-state index contributed by atoms with van der Waals surface area (Å²) in [6, 6.07) is 0. The molecule has 31 heavy (non-hydrogen) atoms. The van der Waals surface area contributed by atoms with Crippen LogP contribution in [0.15, 0.2) is 23.8 Å². The second kappa shape index (κ2) is 6.68. The molecule has 4 nitrogen and oxygen atoms in total. The van der Waals surface area contributed by atoms with Gasteiger partial charge >= 0.3 is 0 Å². The highest BCUT2D eigenvalue weighted by Gasteiger charge is 2.66. The second-order valence-corrected chi connectivity index (χ2v) is 12.8. The van der Waals surface area contributed by atoms with E-state index in [0.717, 1.165) is 19.1 Å². The van der Waals surface area contributed by atoms with Crippen LogP contribution in [-0.4, -0.2) is 42.9 Å². The third-order valence-electron chi connectivity index (χ3n) is 10.4. The molecule has 0 bridgehead atoms. The Bertz CT molecular complexity index is 806. The highest BCUT2D eigenvalue weighted by atomic mass is 16.7. The van der Waals surface area contributed by atoms with Gasteiger partial charge in [-0.05, 0) is 66.4 Å². The van der Waals surface area contributed by atoms with E-state index in [4.69, 9.17) is 14.2 Å². The normalized spacial score (nSPS) is 53.6. The van der Waals surface area contributed by atoms with E-state index in [1.807, 2.05) is 0 Å². The fraction of sp³-hybridized carbons (Fsp3) is 0.852. The van der Waals surface area contributed by atoms with Crippen molar-refractivity contribution in [2.45, 2.75) is 84.9 Å². The van der Waals surface area contributed by atoms with Crippen LogP contribution in [0.5, 0.6) is 0 Å². The molecule has 2 saturated carbocycles. The van der Waals surface area contributed by atoms with Crippen molar-refractivity contribution in [1.29, 1.82) is 0 Å². The summed E-state index contributed by atoms with van der Waals surface area (Å²) >= 11 is 0. The van der Waals surface area contributed by atoms with Gasteiger partial charge in [0.1, 0.15) is 12.2 Å². The second-order valence-electron chi connectivity index (χ2n) is 12.8. The molecule has 2 heterocycles. The number of epoxide rings is 1. The highest BCUT2D eigenvalue weighted by Crippen LogP contribution is 2.68. The average molecular weight is 429 g/mol. The smallest absolute Gasteiger partial charge is 0.160 e. The lowest BCUT2D eigenvalue weighted by atomic mass is 9.48. The van der Waals surface area contributed by atoms with Crippen molar-refractivity contribution in [3.8, 4) is 0 Å². The van der Waals surface area contributed by atoms with Crippen LogP contribution in [0.2, 0.25) is 0 Å². The number of aliphatic hydroxyl groups excluding tert-OH is 1. The van der Waals surface area contributed by atoms with Crippen molar-refractivity contribution < 1.29 is 19.3 Å². The molecule has 0 radical (unpaired) electrons. The molecular weight excluding hydrogens is 388 g/mol. The monoisotopic (exact) mass is 428 g/mol. The number of ether oxygens (including phenoxy) is 3. The van der Waals surface area contributed by atoms with E-state index in [1.165, 1.54) is 31.3 Å². The van der Waals surface area contributed by atoms with Crippen molar-refractivity contribution in [2.75, 3.05) is 13.2 Å². The third kappa shape index (κ3) is 2.87. The predicted octanol–water partition coefficient (Wildman–Crippen LogP) is 4.72. The number of hydrogen-bond donors (Lipinski definition) is 1. The lowest BCUT2D eigenvalue weighted by Gasteiger charge is -2.56. The molecule has 6 rings (SSSR count). The summed E-state index contributed by atoms with van der Waals surface area (Å²) in [4.78, 5) is 0. The van der Waals surface area contributed by atoms with Gasteiger partial charge in [-0.15, -0.1) is 0 Å². The van der Waals surface area contributed by atoms with Gasteiger partial charge in [-0.2, -0.15) is 0 Å². The van der Waals surface area contributed by atoms with Crippen LogP contribution in [-0.2, 0) is 14.2 Å². The fourth-order valence-corrected chi connectivity index (χ4v) is 8.63. The van der Waals surface area contributed by atoms with E-state index < -0.39 is 6.10 Å². The SMILES string of the molecule is CC(C1OCC(C)(C)CO1)[C@H]1CC[C@H]2[C@@H]3C=CC4=CC(O)[C@@H]5O[C@@H]5[C@]4(C)[C@H]3CC[C@]12C. The first kappa shape index (κ1) is 20.9. The molecule has 0 aromatic heterocycles. The van der Waals surface area contributed by atoms with Gasteiger partial charge in [0.2, 0.25) is 0 Å². The maximum Gasteiger partial charge on any atom is 0.160 e. The Morgan fingerprint density at radius 2 is 1.77 bits per heavy atom. The van der Waals surface area contributed by atoms with Crippen LogP contribution in [0.4, 0.5) is 0 Å². The molecule has 0 amide bonds. The van der Waals surface area contributed by atoms with Crippen LogP contribution in [0, 0.1) is 45.8 Å². The molecule has 6 aliphatic rings. The molecule has 4 heteroatoms. The number of aliphatic hydroxyl groups is 1. The Kier molecular flexibility index (Phi) is 4.50. The molecule has 2 aliphatic heterocycles. The Labute approximate surface area is 187 Å². The average Bonchev–Trinajstić information content (AvgIpc) is 3.46. The van der Waals surface area contributed by atoms with Crippen molar-refractivity contribution in [3.05, 3.63) is 23.8 Å². The van der Waals surface area contributed by atoms with Crippen molar-refractivity contribution in [1.82, 2.24) is 0 Å². The molecule has 2 saturated heterocycles. The Hall–Kier alpha value is -0.680. The highest BCUT2D eigenvalue weighted by molar-refractivity contribution is 5.41. The third-order valence-corrected chi connectivity index (χ3v) is 10.4. The Morgan fingerprint density at radius 3 is 2.52 bits per heavy atom. The molecule has 0 aromatic carbocycles. The minimum atomic E-state index is -0.430. The van der Waals surface area contributed by atoms with Gasteiger partial charge in [-0.25, -0.2) is 0 Å². The lowest BCUT2D eigenvalue weighted by Crippen LogP contribution is -2.53. The minimum absolute atomic E-state index is 0.0235. The molecule has 2 unspecified atom stereocenters. The molecule has 10 atom stereocenters. The van der Waals surface area contributed by atoms with E-state index in [0.29, 0.717) is 29.1 Å². The largest absolute Gasteiger partial charge is 0.386 e. The molecule has 1 N–H and O–H groups in total. The summed E-state index contributed by atoms with van der Waals surface area (Å²) in [7, 11) is 0. The van der Waals surface area contributed by atoms with Crippen molar-refractivity contribution >= 4 is 0 Å². The summed E-state index contributed by atoms with van der Waals surface area (Å²) in [5.41, 5.74) is 1.86. The first-order valence-electron chi connectivity index (χ1n) is 12.6. The summed E-state index contributed by atoms with van der Waals surface area (Å²) in [6.07, 6.45) is 11.8. The summed E-state index contributed by atoms with van der Waals surface area (Å²) in [5, 5.41) is 10.4. The molecule has 4 aliphatic carbocycles. The summed E-state index contributed by atoms with van der Waals surface area (Å²) in [5.74, 6) is 3.05. The zero-order valence-electron chi connectivity index (χ0n) is 19.8. The zero-order chi connectivity index (χ0) is 21.8. The van der Waals surface area contributed by atoms with E-state index in [-0.39, 0.29) is 29.3 Å².